The van der Waals surface area contributed by atoms with Crippen LogP contribution in [0.25, 0.3) is 0 Å². The fraction of sp³-hybridized carbons (Fsp3) is 0.0714. The molecule has 0 amide bonds. The van der Waals surface area contributed by atoms with Crippen LogP contribution in [0.3, 0.4) is 0 Å². The molecule has 0 bridgehead atoms. The minimum Gasteiger partial charge on any atom is -0.465 e. The predicted octanol–water partition coefficient (Wildman–Crippen LogP) is 3.55. The summed E-state index contributed by atoms with van der Waals surface area (Å²) in [6.45, 7) is 0. The van der Waals surface area contributed by atoms with E-state index in [0.29, 0.717) is 0 Å². The first-order chi connectivity index (χ1) is 10.3. The highest BCUT2D eigenvalue weighted by Gasteiger charge is 2.24. The van der Waals surface area contributed by atoms with Gasteiger partial charge in [-0.1, -0.05) is 35.3 Å². The molecule has 0 spiro atoms. The second kappa shape index (κ2) is 6.56. The molecule has 0 heterocycles. The van der Waals surface area contributed by atoms with E-state index in [2.05, 4.69) is 4.74 Å². The van der Waals surface area contributed by atoms with Crippen LogP contribution in [0.5, 0.6) is 5.75 Å². The van der Waals surface area contributed by atoms with Gasteiger partial charge in [0.05, 0.1) is 22.7 Å². The number of methoxy groups -OCH3 is 1. The molecule has 2 aromatic carbocycles. The van der Waals surface area contributed by atoms with Crippen molar-refractivity contribution in [3.05, 3.63) is 58.1 Å². The molecule has 5 nitrogen and oxygen atoms in total. The number of halogens is 2. The summed E-state index contributed by atoms with van der Waals surface area (Å²) in [4.78, 5) is 11.1. The van der Waals surface area contributed by atoms with Gasteiger partial charge in [0.25, 0.3) is 0 Å². The molecule has 0 aromatic heterocycles. The highest BCUT2D eigenvalue weighted by atomic mass is 35.5. The molecule has 0 atom stereocenters. The van der Waals surface area contributed by atoms with Crippen LogP contribution < -0.4 is 4.18 Å². The molecule has 0 aliphatic carbocycles. The summed E-state index contributed by atoms with van der Waals surface area (Å²) < 4.78 is 34.1. The lowest BCUT2D eigenvalue weighted by molar-refractivity contribution is 0.0600. The second-order valence-electron chi connectivity index (χ2n) is 4.11. The van der Waals surface area contributed by atoms with Gasteiger partial charge in [-0.25, -0.2) is 4.79 Å². The Kier molecular flexibility index (Phi) is 4.95. The molecule has 116 valence electrons. The Morgan fingerprint density at radius 2 is 1.64 bits per heavy atom. The molecule has 0 radical (unpaired) electrons. The first-order valence-electron chi connectivity index (χ1n) is 5.92. The maximum Gasteiger partial charge on any atom is 0.342 e. The number of benzene rings is 2. The molecule has 0 unspecified atom stereocenters. The van der Waals surface area contributed by atoms with Crippen LogP contribution in [-0.4, -0.2) is 21.5 Å². The van der Waals surface area contributed by atoms with Gasteiger partial charge in [0.15, 0.2) is 0 Å². The van der Waals surface area contributed by atoms with E-state index in [4.69, 9.17) is 27.4 Å². The lowest BCUT2D eigenvalue weighted by Crippen LogP contribution is -2.11. The molecular formula is C14H10Cl2O5S. The minimum absolute atomic E-state index is 0.0566. The van der Waals surface area contributed by atoms with Crippen molar-refractivity contribution < 1.29 is 22.1 Å². The number of rotatable bonds is 4. The van der Waals surface area contributed by atoms with Crippen molar-refractivity contribution in [1.82, 2.24) is 0 Å². The maximum atomic E-state index is 12.3. The third-order valence-corrected chi connectivity index (χ3v) is 4.84. The predicted molar refractivity (Wildman–Crippen MR) is 82.1 cm³/mol. The SMILES string of the molecule is COC(=O)c1cccc(OS(=O)(=O)c2c(Cl)cccc2Cl)c1. The van der Waals surface area contributed by atoms with E-state index in [0.717, 1.165) is 0 Å². The fourth-order valence-electron chi connectivity index (χ4n) is 1.68. The van der Waals surface area contributed by atoms with Gasteiger partial charge in [0.2, 0.25) is 0 Å². The Morgan fingerprint density at radius 3 is 2.23 bits per heavy atom. The van der Waals surface area contributed by atoms with Crippen molar-refractivity contribution in [2.75, 3.05) is 7.11 Å². The van der Waals surface area contributed by atoms with Crippen LogP contribution in [0.4, 0.5) is 0 Å². The van der Waals surface area contributed by atoms with E-state index >= 15 is 0 Å². The van der Waals surface area contributed by atoms with Crippen molar-refractivity contribution in [2.45, 2.75) is 4.90 Å². The summed E-state index contributed by atoms with van der Waals surface area (Å²) in [5, 5.41) is -0.117. The standard InChI is InChI=1S/C14H10Cl2O5S/c1-20-14(17)9-4-2-5-10(8-9)21-22(18,19)13-11(15)6-3-7-12(13)16/h2-8H,1H3. The van der Waals surface area contributed by atoms with Crippen LogP contribution in [0.15, 0.2) is 47.4 Å². The molecule has 0 N–H and O–H groups in total. The van der Waals surface area contributed by atoms with Gasteiger partial charge in [-0.15, -0.1) is 0 Å². The number of esters is 1. The van der Waals surface area contributed by atoms with Crippen LogP contribution in [0, 0.1) is 0 Å². The summed E-state index contributed by atoms with van der Waals surface area (Å²) in [7, 11) is -3.02. The van der Waals surface area contributed by atoms with Gasteiger partial charge in [0, 0.05) is 0 Å². The normalized spacial score (nSPS) is 11.0. The summed E-state index contributed by atoms with van der Waals surface area (Å²) in [5.41, 5.74) is 0.153. The largest absolute Gasteiger partial charge is 0.465 e. The van der Waals surface area contributed by atoms with Crippen LogP contribution >= 0.6 is 23.2 Å². The number of hydrogen-bond donors (Lipinski definition) is 0. The Labute approximate surface area is 137 Å². The molecule has 0 aliphatic heterocycles. The molecule has 0 fully saturated rings. The van der Waals surface area contributed by atoms with E-state index in [1.807, 2.05) is 0 Å². The van der Waals surface area contributed by atoms with Crippen LogP contribution in [0.1, 0.15) is 10.4 Å². The Morgan fingerprint density at radius 1 is 1.05 bits per heavy atom. The second-order valence-corrected chi connectivity index (χ2v) is 6.41. The monoisotopic (exact) mass is 360 g/mol. The summed E-state index contributed by atoms with van der Waals surface area (Å²) in [6, 6.07) is 9.84. The average molecular weight is 361 g/mol. The summed E-state index contributed by atoms with van der Waals surface area (Å²) in [6.07, 6.45) is 0. The highest BCUT2D eigenvalue weighted by Crippen LogP contribution is 2.31. The maximum absolute atomic E-state index is 12.3. The third-order valence-electron chi connectivity index (χ3n) is 2.63. The first kappa shape index (κ1) is 16.6. The Bertz CT molecular complexity index is 797. The quantitative estimate of drug-likeness (QED) is 0.615. The molecular weight excluding hydrogens is 351 g/mol. The van der Waals surface area contributed by atoms with Gasteiger partial charge >= 0.3 is 16.1 Å². The number of carbonyl (C=O) groups is 1. The van der Waals surface area contributed by atoms with Crippen LogP contribution in [-0.2, 0) is 14.9 Å². The van der Waals surface area contributed by atoms with Gasteiger partial charge in [-0.2, -0.15) is 8.42 Å². The van der Waals surface area contributed by atoms with Gasteiger partial charge < -0.3 is 8.92 Å². The van der Waals surface area contributed by atoms with Gasteiger partial charge in [-0.3, -0.25) is 0 Å². The zero-order valence-electron chi connectivity index (χ0n) is 11.2. The van der Waals surface area contributed by atoms with E-state index in [9.17, 15) is 13.2 Å². The fourth-order valence-corrected chi connectivity index (χ4v) is 3.70. The third kappa shape index (κ3) is 3.52. The lowest BCUT2D eigenvalue weighted by atomic mass is 10.2. The van der Waals surface area contributed by atoms with E-state index < -0.39 is 16.1 Å². The Hall–Kier alpha value is -1.76. The summed E-state index contributed by atoms with van der Waals surface area (Å²) >= 11 is 11.7. The van der Waals surface area contributed by atoms with Gasteiger partial charge in [-0.05, 0) is 30.3 Å². The van der Waals surface area contributed by atoms with Crippen molar-refractivity contribution in [1.29, 1.82) is 0 Å². The highest BCUT2D eigenvalue weighted by molar-refractivity contribution is 7.87. The van der Waals surface area contributed by atoms with E-state index in [1.54, 1.807) is 0 Å². The number of hydrogen-bond acceptors (Lipinski definition) is 5. The van der Waals surface area contributed by atoms with Gasteiger partial charge in [0.1, 0.15) is 10.6 Å². The molecule has 0 aliphatic rings. The van der Waals surface area contributed by atoms with Crippen LogP contribution in [0.2, 0.25) is 10.0 Å². The Balaban J connectivity index is 2.40. The molecule has 0 saturated heterocycles. The first-order valence-corrected chi connectivity index (χ1v) is 8.08. The number of carbonyl (C=O) groups excluding carboxylic acids is 1. The smallest absolute Gasteiger partial charge is 0.342 e. The van der Waals surface area contributed by atoms with Crippen molar-refractivity contribution >= 4 is 39.3 Å². The van der Waals surface area contributed by atoms with E-state index in [1.165, 1.54) is 49.6 Å². The molecule has 22 heavy (non-hydrogen) atoms. The lowest BCUT2D eigenvalue weighted by Gasteiger charge is -2.10. The molecule has 2 rings (SSSR count). The van der Waals surface area contributed by atoms with Crippen molar-refractivity contribution in [3.63, 3.8) is 0 Å². The minimum atomic E-state index is -4.24. The zero-order valence-corrected chi connectivity index (χ0v) is 13.6. The average Bonchev–Trinajstić information content (AvgIpc) is 2.45. The number of ether oxygens (including phenoxy) is 1. The topological polar surface area (TPSA) is 69.7 Å². The van der Waals surface area contributed by atoms with E-state index in [-0.39, 0.29) is 26.3 Å². The molecule has 2 aromatic rings. The molecule has 0 saturated carbocycles. The zero-order chi connectivity index (χ0) is 16.3. The van der Waals surface area contributed by atoms with Crippen molar-refractivity contribution in [3.8, 4) is 5.75 Å². The molecule has 8 heteroatoms. The van der Waals surface area contributed by atoms with Crippen molar-refractivity contribution in [2.24, 2.45) is 0 Å². The summed E-state index contributed by atoms with van der Waals surface area (Å²) in [5.74, 6) is -0.669.